The van der Waals surface area contributed by atoms with Crippen molar-refractivity contribution >= 4 is 23.2 Å². The summed E-state index contributed by atoms with van der Waals surface area (Å²) in [7, 11) is 0. The van der Waals surface area contributed by atoms with Crippen LogP contribution in [0.1, 0.15) is 16.7 Å². The summed E-state index contributed by atoms with van der Waals surface area (Å²) in [5.41, 5.74) is 1.90. The van der Waals surface area contributed by atoms with Gasteiger partial charge in [0.15, 0.2) is 0 Å². The first kappa shape index (κ1) is 16.3. The van der Waals surface area contributed by atoms with E-state index in [-0.39, 0.29) is 11.8 Å². The predicted octanol–water partition coefficient (Wildman–Crippen LogP) is 5.23. The fraction of sp³-hybridized carbons (Fsp3) is 0.294. The van der Waals surface area contributed by atoms with Gasteiger partial charge in [-0.05, 0) is 36.1 Å². The third-order valence-corrected chi connectivity index (χ3v) is 4.80. The fourth-order valence-electron chi connectivity index (χ4n) is 2.57. The van der Waals surface area contributed by atoms with Crippen LogP contribution in [0.15, 0.2) is 42.5 Å². The largest absolute Gasteiger partial charge is 0.207 e. The third kappa shape index (κ3) is 3.38. The van der Waals surface area contributed by atoms with Gasteiger partial charge in [-0.2, -0.15) is 0 Å². The van der Waals surface area contributed by atoms with Crippen molar-refractivity contribution in [3.63, 3.8) is 0 Å². The van der Waals surface area contributed by atoms with Gasteiger partial charge in [-0.25, -0.2) is 8.78 Å². The molecule has 2 aromatic carbocycles. The maximum Gasteiger partial charge on any atom is 0.129 e. The minimum Gasteiger partial charge on any atom is -0.207 e. The first-order valence-corrected chi connectivity index (χ1v) is 7.71. The Bertz CT molecular complexity index is 622. The van der Waals surface area contributed by atoms with E-state index >= 15 is 0 Å². The minimum atomic E-state index is -0.588. The number of benzene rings is 2. The van der Waals surface area contributed by atoms with Gasteiger partial charge in [0.25, 0.3) is 0 Å². The Morgan fingerprint density at radius 1 is 1.00 bits per heavy atom. The Morgan fingerprint density at radius 3 is 2.24 bits per heavy atom. The van der Waals surface area contributed by atoms with E-state index in [2.05, 4.69) is 0 Å². The highest BCUT2D eigenvalue weighted by Crippen LogP contribution is 2.34. The van der Waals surface area contributed by atoms with Crippen molar-refractivity contribution in [1.29, 1.82) is 0 Å². The number of hydrogen-bond acceptors (Lipinski definition) is 0. The van der Waals surface area contributed by atoms with E-state index in [1.165, 1.54) is 12.1 Å². The Balaban J connectivity index is 2.46. The maximum atomic E-state index is 13.9. The molecule has 0 aliphatic heterocycles. The molecule has 0 bridgehead atoms. The lowest BCUT2D eigenvalue weighted by atomic mass is 9.77. The first-order valence-electron chi connectivity index (χ1n) is 6.64. The van der Waals surface area contributed by atoms with Crippen molar-refractivity contribution in [2.75, 3.05) is 11.8 Å². The molecule has 0 spiro atoms. The molecular weight excluding hydrogens is 313 g/mol. The molecule has 0 atom stereocenters. The van der Waals surface area contributed by atoms with Crippen LogP contribution in [0, 0.1) is 18.6 Å². The number of hydrogen-bond donors (Lipinski definition) is 0. The third-order valence-electron chi connectivity index (χ3n) is 3.77. The van der Waals surface area contributed by atoms with Gasteiger partial charge in [-0.3, -0.25) is 0 Å². The lowest BCUT2D eigenvalue weighted by Crippen LogP contribution is -2.34. The summed E-state index contributed by atoms with van der Waals surface area (Å²) >= 11 is 12.4. The van der Waals surface area contributed by atoms with Gasteiger partial charge in [0.1, 0.15) is 11.6 Å². The van der Waals surface area contributed by atoms with Gasteiger partial charge in [-0.15, -0.1) is 23.2 Å². The van der Waals surface area contributed by atoms with Gasteiger partial charge >= 0.3 is 0 Å². The van der Waals surface area contributed by atoms with Crippen molar-refractivity contribution in [2.24, 2.45) is 0 Å². The second kappa shape index (κ2) is 6.76. The Hall–Kier alpha value is -1.12. The molecule has 0 heterocycles. The first-order chi connectivity index (χ1) is 10.0. The highest BCUT2D eigenvalue weighted by atomic mass is 35.5. The Labute approximate surface area is 133 Å². The van der Waals surface area contributed by atoms with Crippen LogP contribution in [-0.2, 0) is 11.8 Å². The van der Waals surface area contributed by atoms with Crippen LogP contribution in [0.5, 0.6) is 0 Å². The van der Waals surface area contributed by atoms with E-state index in [9.17, 15) is 8.78 Å². The molecule has 0 aliphatic rings. The molecule has 0 amide bonds. The lowest BCUT2D eigenvalue weighted by Gasteiger charge is -2.32. The quantitative estimate of drug-likeness (QED) is 0.659. The molecule has 0 aliphatic carbocycles. The Morgan fingerprint density at radius 2 is 1.67 bits per heavy atom. The molecule has 0 nitrogen and oxygen atoms in total. The van der Waals surface area contributed by atoms with Crippen LogP contribution in [0.25, 0.3) is 0 Å². The molecule has 112 valence electrons. The molecular formula is C17H16Cl2F2. The molecule has 0 fully saturated rings. The number of alkyl halides is 2. The molecule has 0 saturated carbocycles. The second-order valence-electron chi connectivity index (χ2n) is 5.28. The van der Waals surface area contributed by atoms with Gasteiger partial charge in [0.2, 0.25) is 0 Å². The summed E-state index contributed by atoms with van der Waals surface area (Å²) in [4.78, 5) is 0. The molecule has 0 radical (unpaired) electrons. The van der Waals surface area contributed by atoms with Gasteiger partial charge in [-0.1, -0.05) is 30.3 Å². The zero-order chi connectivity index (χ0) is 15.5. The van der Waals surface area contributed by atoms with E-state index in [0.29, 0.717) is 12.0 Å². The molecule has 21 heavy (non-hydrogen) atoms. The minimum absolute atomic E-state index is 0.262. The smallest absolute Gasteiger partial charge is 0.129 e. The van der Waals surface area contributed by atoms with Crippen LogP contribution in [0.2, 0.25) is 0 Å². The molecule has 2 rings (SSSR count). The van der Waals surface area contributed by atoms with Crippen molar-refractivity contribution in [1.82, 2.24) is 0 Å². The SMILES string of the molecule is Cc1ccccc1C(CCl)(CCl)Cc1ccc(F)cc1F. The summed E-state index contributed by atoms with van der Waals surface area (Å²) in [5, 5.41) is 0. The fourth-order valence-corrected chi connectivity index (χ4v) is 3.33. The van der Waals surface area contributed by atoms with Crippen LogP contribution in [0.3, 0.4) is 0 Å². The molecule has 0 aromatic heterocycles. The summed E-state index contributed by atoms with van der Waals surface area (Å²) < 4.78 is 27.0. The molecule has 2 aromatic rings. The van der Waals surface area contributed by atoms with Crippen molar-refractivity contribution in [3.8, 4) is 0 Å². The van der Waals surface area contributed by atoms with E-state index in [1.54, 1.807) is 0 Å². The standard InChI is InChI=1S/C17H16Cl2F2/c1-12-4-2-3-5-15(12)17(10-18,11-19)9-13-6-7-14(20)8-16(13)21/h2-8H,9-11H2,1H3. The van der Waals surface area contributed by atoms with Gasteiger partial charge in [0, 0.05) is 23.2 Å². The average molecular weight is 329 g/mol. The molecule has 0 N–H and O–H groups in total. The molecule has 0 unspecified atom stereocenters. The summed E-state index contributed by atoms with van der Waals surface area (Å²) in [6, 6.07) is 11.4. The number of rotatable bonds is 5. The monoisotopic (exact) mass is 328 g/mol. The second-order valence-corrected chi connectivity index (χ2v) is 5.81. The zero-order valence-corrected chi connectivity index (χ0v) is 13.2. The lowest BCUT2D eigenvalue weighted by molar-refractivity contribution is 0.504. The zero-order valence-electron chi connectivity index (χ0n) is 11.7. The van der Waals surface area contributed by atoms with Crippen LogP contribution in [0.4, 0.5) is 8.78 Å². The van der Waals surface area contributed by atoms with E-state index in [0.717, 1.165) is 17.2 Å². The average Bonchev–Trinajstić information content (AvgIpc) is 2.48. The van der Waals surface area contributed by atoms with E-state index in [1.807, 2.05) is 31.2 Å². The predicted molar refractivity (Wildman–Crippen MR) is 84.4 cm³/mol. The highest BCUT2D eigenvalue weighted by Gasteiger charge is 2.33. The number of aryl methyl sites for hydroxylation is 1. The summed E-state index contributed by atoms with van der Waals surface area (Å²) in [5.74, 6) is -0.631. The molecule has 0 saturated heterocycles. The Kier molecular flexibility index (Phi) is 5.23. The maximum absolute atomic E-state index is 13.9. The summed E-state index contributed by atoms with van der Waals surface area (Å²) in [6.07, 6.45) is 0.330. The molecule has 4 heteroatoms. The summed E-state index contributed by atoms with van der Waals surface area (Å²) in [6.45, 7) is 1.98. The van der Waals surface area contributed by atoms with Crippen LogP contribution < -0.4 is 0 Å². The van der Waals surface area contributed by atoms with Crippen molar-refractivity contribution in [3.05, 3.63) is 70.8 Å². The van der Waals surface area contributed by atoms with E-state index < -0.39 is 17.0 Å². The van der Waals surface area contributed by atoms with Crippen LogP contribution >= 0.6 is 23.2 Å². The van der Waals surface area contributed by atoms with Crippen LogP contribution in [-0.4, -0.2) is 11.8 Å². The van der Waals surface area contributed by atoms with E-state index in [4.69, 9.17) is 23.2 Å². The van der Waals surface area contributed by atoms with Crippen molar-refractivity contribution < 1.29 is 8.78 Å². The van der Waals surface area contributed by atoms with Gasteiger partial charge < -0.3 is 0 Å². The topological polar surface area (TPSA) is 0 Å². The highest BCUT2D eigenvalue weighted by molar-refractivity contribution is 6.22. The van der Waals surface area contributed by atoms with Crippen molar-refractivity contribution in [2.45, 2.75) is 18.8 Å². The normalized spacial score (nSPS) is 11.7. The number of halogens is 4. The van der Waals surface area contributed by atoms with Gasteiger partial charge in [0.05, 0.1) is 0 Å².